The van der Waals surface area contributed by atoms with Crippen LogP contribution in [0.3, 0.4) is 0 Å². The smallest absolute Gasteiger partial charge is 0.336 e. The molecular formula is C28H20BrCl2NO4. The zero-order valence-corrected chi connectivity index (χ0v) is 22.4. The first-order valence-corrected chi connectivity index (χ1v) is 12.7. The Kier molecular flexibility index (Phi) is 6.68. The number of halogens is 3. The number of esters is 1. The van der Waals surface area contributed by atoms with Gasteiger partial charge in [-0.15, -0.1) is 0 Å². The third-order valence-electron chi connectivity index (χ3n) is 6.34. The number of fused-ring (bicyclic) bond motifs is 2. The van der Waals surface area contributed by atoms with Gasteiger partial charge in [0.25, 0.3) is 0 Å². The van der Waals surface area contributed by atoms with Crippen LogP contribution in [-0.2, 0) is 16.1 Å². The molecule has 5 rings (SSSR count). The highest BCUT2D eigenvalue weighted by Crippen LogP contribution is 2.49. The highest BCUT2D eigenvalue weighted by atomic mass is 79.9. The Labute approximate surface area is 226 Å². The average Bonchev–Trinajstić information content (AvgIpc) is 3.14. The van der Waals surface area contributed by atoms with E-state index in [1.54, 1.807) is 31.2 Å². The molecule has 1 aliphatic heterocycles. The lowest BCUT2D eigenvalue weighted by atomic mass is 9.79. The van der Waals surface area contributed by atoms with Gasteiger partial charge in [0.15, 0.2) is 5.78 Å². The van der Waals surface area contributed by atoms with Crippen LogP contribution in [0.15, 0.2) is 82.0 Å². The molecule has 3 aromatic carbocycles. The molecule has 0 unspecified atom stereocenters. The van der Waals surface area contributed by atoms with Crippen LogP contribution in [0.1, 0.15) is 39.9 Å². The Balaban J connectivity index is 1.65. The second kappa shape index (κ2) is 9.77. The van der Waals surface area contributed by atoms with E-state index in [1.165, 1.54) is 7.11 Å². The summed E-state index contributed by atoms with van der Waals surface area (Å²) in [7, 11) is 1.33. The van der Waals surface area contributed by atoms with Crippen LogP contribution >= 0.6 is 39.1 Å². The zero-order chi connectivity index (χ0) is 25.6. The van der Waals surface area contributed by atoms with Crippen LogP contribution < -0.4 is 10.1 Å². The third kappa shape index (κ3) is 4.23. The second-order valence-corrected chi connectivity index (χ2v) is 10.2. The van der Waals surface area contributed by atoms with Crippen LogP contribution in [0.4, 0.5) is 0 Å². The van der Waals surface area contributed by atoms with Crippen molar-refractivity contribution in [3.63, 3.8) is 0 Å². The van der Waals surface area contributed by atoms with Crippen LogP contribution in [0.25, 0.3) is 5.70 Å². The maximum atomic E-state index is 13.7. The molecule has 0 radical (unpaired) electrons. The molecule has 1 heterocycles. The summed E-state index contributed by atoms with van der Waals surface area (Å²) in [5.41, 5.74) is 4.94. The Morgan fingerprint density at radius 2 is 1.81 bits per heavy atom. The van der Waals surface area contributed by atoms with Crippen molar-refractivity contribution in [2.24, 2.45) is 0 Å². The Morgan fingerprint density at radius 1 is 1.06 bits per heavy atom. The lowest BCUT2D eigenvalue weighted by Gasteiger charge is -2.30. The molecule has 36 heavy (non-hydrogen) atoms. The van der Waals surface area contributed by atoms with E-state index in [2.05, 4.69) is 21.2 Å². The zero-order valence-electron chi connectivity index (χ0n) is 19.3. The van der Waals surface area contributed by atoms with Crippen molar-refractivity contribution < 1.29 is 19.1 Å². The molecule has 1 aliphatic carbocycles. The molecule has 0 bridgehead atoms. The molecule has 0 fully saturated rings. The molecule has 0 saturated carbocycles. The van der Waals surface area contributed by atoms with Crippen molar-refractivity contribution in [2.75, 3.05) is 7.11 Å². The summed E-state index contributed by atoms with van der Waals surface area (Å²) in [6, 6.07) is 18.1. The number of nitrogens with one attached hydrogen (secondary N) is 1. The summed E-state index contributed by atoms with van der Waals surface area (Å²) in [5.74, 6) is -0.853. The number of carbonyl (C=O) groups is 2. The van der Waals surface area contributed by atoms with E-state index in [0.29, 0.717) is 49.5 Å². The number of hydrogen-bond acceptors (Lipinski definition) is 5. The SMILES string of the molecule is COC(=O)C1=C(C)NC2=C(C(=O)c3ccccc32)[C@@H]1c1cc(Br)ccc1OCc1ccc(Cl)cc1Cl. The lowest BCUT2D eigenvalue weighted by molar-refractivity contribution is -0.136. The molecule has 0 spiro atoms. The van der Waals surface area contributed by atoms with E-state index in [4.69, 9.17) is 32.7 Å². The fourth-order valence-electron chi connectivity index (χ4n) is 4.69. The van der Waals surface area contributed by atoms with Crippen molar-refractivity contribution in [1.29, 1.82) is 0 Å². The summed E-state index contributed by atoms with van der Waals surface area (Å²) in [6.07, 6.45) is 0. The Hall–Kier alpha value is -3.06. The predicted octanol–water partition coefficient (Wildman–Crippen LogP) is 7.08. The van der Waals surface area contributed by atoms with E-state index >= 15 is 0 Å². The highest BCUT2D eigenvalue weighted by molar-refractivity contribution is 9.10. The lowest BCUT2D eigenvalue weighted by Crippen LogP contribution is -2.29. The van der Waals surface area contributed by atoms with Gasteiger partial charge < -0.3 is 14.8 Å². The predicted molar refractivity (Wildman–Crippen MR) is 143 cm³/mol. The van der Waals surface area contributed by atoms with E-state index in [-0.39, 0.29) is 12.4 Å². The molecule has 8 heteroatoms. The minimum Gasteiger partial charge on any atom is -0.489 e. The van der Waals surface area contributed by atoms with Gasteiger partial charge in [0, 0.05) is 48.0 Å². The summed E-state index contributed by atoms with van der Waals surface area (Å²) >= 11 is 15.9. The van der Waals surface area contributed by atoms with Gasteiger partial charge in [0.2, 0.25) is 0 Å². The molecule has 3 aromatic rings. The number of methoxy groups -OCH3 is 1. The van der Waals surface area contributed by atoms with Gasteiger partial charge in [0.1, 0.15) is 12.4 Å². The number of ether oxygens (including phenoxy) is 2. The van der Waals surface area contributed by atoms with Crippen LogP contribution in [0.5, 0.6) is 5.75 Å². The topological polar surface area (TPSA) is 64.6 Å². The number of Topliss-reactive ketones (excluding diaryl/α,β-unsaturated/α-hetero) is 1. The summed E-state index contributed by atoms with van der Waals surface area (Å²) in [4.78, 5) is 26.7. The van der Waals surface area contributed by atoms with E-state index in [0.717, 1.165) is 15.6 Å². The molecule has 2 aliphatic rings. The van der Waals surface area contributed by atoms with Gasteiger partial charge >= 0.3 is 5.97 Å². The fraction of sp³-hybridized carbons (Fsp3) is 0.143. The fourth-order valence-corrected chi connectivity index (χ4v) is 5.53. The summed E-state index contributed by atoms with van der Waals surface area (Å²) in [5, 5.41) is 4.31. The second-order valence-electron chi connectivity index (χ2n) is 8.46. The maximum absolute atomic E-state index is 13.7. The van der Waals surface area contributed by atoms with Gasteiger partial charge in [-0.3, -0.25) is 4.79 Å². The first-order valence-electron chi connectivity index (χ1n) is 11.1. The minimum absolute atomic E-state index is 0.140. The van der Waals surface area contributed by atoms with Gasteiger partial charge in [-0.05, 0) is 37.3 Å². The highest BCUT2D eigenvalue weighted by Gasteiger charge is 2.43. The summed E-state index contributed by atoms with van der Waals surface area (Å²) in [6.45, 7) is 1.98. The number of benzene rings is 3. The van der Waals surface area contributed by atoms with Crippen molar-refractivity contribution in [1.82, 2.24) is 5.32 Å². The quantitative estimate of drug-likeness (QED) is 0.325. The van der Waals surface area contributed by atoms with Gasteiger partial charge in [-0.25, -0.2) is 4.79 Å². The number of carbonyl (C=O) groups excluding carboxylic acids is 2. The third-order valence-corrected chi connectivity index (χ3v) is 7.42. The average molecular weight is 585 g/mol. The number of hydrogen-bond donors (Lipinski definition) is 1. The van der Waals surface area contributed by atoms with Crippen molar-refractivity contribution in [3.05, 3.63) is 114 Å². The Bertz CT molecular complexity index is 1490. The van der Waals surface area contributed by atoms with Gasteiger partial charge in [-0.2, -0.15) is 0 Å². The minimum atomic E-state index is -0.707. The van der Waals surface area contributed by atoms with E-state index in [1.807, 2.05) is 36.4 Å². The van der Waals surface area contributed by atoms with Crippen LogP contribution in [-0.4, -0.2) is 18.9 Å². The van der Waals surface area contributed by atoms with Crippen LogP contribution in [0, 0.1) is 0 Å². The standard InChI is InChI=1S/C28H20BrCl2NO4/c1-14-23(28(34)35-2)24(25-26(32-14)18-5-3-4-6-19(18)27(25)33)20-11-16(29)8-10-22(20)36-13-15-7-9-17(30)12-21(15)31/h3-12,24,32H,13H2,1-2H3/t24-/m1/s1. The van der Waals surface area contributed by atoms with Gasteiger partial charge in [-0.1, -0.05) is 69.5 Å². The summed E-state index contributed by atoms with van der Waals surface area (Å²) < 4.78 is 12.2. The molecule has 5 nitrogen and oxygen atoms in total. The monoisotopic (exact) mass is 583 g/mol. The maximum Gasteiger partial charge on any atom is 0.336 e. The van der Waals surface area contributed by atoms with E-state index in [9.17, 15) is 9.59 Å². The van der Waals surface area contributed by atoms with Crippen molar-refractivity contribution >= 4 is 56.6 Å². The number of rotatable bonds is 5. The first-order chi connectivity index (χ1) is 17.3. The number of dihydropyridines is 1. The van der Waals surface area contributed by atoms with Crippen LogP contribution in [0.2, 0.25) is 10.0 Å². The van der Waals surface area contributed by atoms with Gasteiger partial charge in [0.05, 0.1) is 24.3 Å². The first kappa shape index (κ1) is 24.6. The molecule has 1 atom stereocenters. The molecule has 1 N–H and O–H groups in total. The molecule has 182 valence electrons. The van der Waals surface area contributed by atoms with E-state index < -0.39 is 11.9 Å². The Morgan fingerprint density at radius 3 is 2.53 bits per heavy atom. The number of allylic oxidation sites excluding steroid dienone is 2. The van der Waals surface area contributed by atoms with Crippen molar-refractivity contribution in [3.8, 4) is 5.75 Å². The molecule has 0 saturated heterocycles. The molecule has 0 amide bonds. The van der Waals surface area contributed by atoms with Crippen molar-refractivity contribution in [2.45, 2.75) is 19.4 Å². The molecule has 0 aromatic heterocycles. The largest absolute Gasteiger partial charge is 0.489 e. The normalized spacial score (nSPS) is 16.5. The number of ketones is 1. The molecular weight excluding hydrogens is 565 g/mol.